The fourth-order valence-electron chi connectivity index (χ4n) is 1.77. The Morgan fingerprint density at radius 2 is 2.44 bits per heavy atom. The van der Waals surface area contributed by atoms with Crippen molar-refractivity contribution in [2.75, 3.05) is 0 Å². The van der Waals surface area contributed by atoms with Crippen LogP contribution in [0.15, 0.2) is 24.5 Å². The van der Waals surface area contributed by atoms with E-state index in [0.717, 1.165) is 28.4 Å². The molecule has 0 aromatic rings. The molecule has 3 aliphatic rings. The van der Waals surface area contributed by atoms with Gasteiger partial charge < -0.3 is 14.3 Å². The van der Waals surface area contributed by atoms with Crippen molar-refractivity contribution in [2.24, 2.45) is 0 Å². The maximum Gasteiger partial charge on any atom is 0.135 e. The van der Waals surface area contributed by atoms with E-state index in [1.807, 2.05) is 22.9 Å². The summed E-state index contributed by atoms with van der Waals surface area (Å²) in [6.07, 6.45) is 5.14. The number of fused-ring (bicyclic) bond motifs is 2. The fourth-order valence-corrected chi connectivity index (χ4v) is 1.77. The van der Waals surface area contributed by atoms with E-state index < -0.39 is 0 Å². The molecule has 5 nitrogen and oxygen atoms in total. The van der Waals surface area contributed by atoms with Crippen LogP contribution in [0.3, 0.4) is 0 Å². The average Bonchev–Trinajstić information content (AvgIpc) is 2.92. The number of carbonyl (C=O) groups excluding carboxylic acids is 1. The first-order chi connectivity index (χ1) is 7.90. The van der Waals surface area contributed by atoms with Crippen molar-refractivity contribution in [1.29, 1.82) is 0 Å². The number of hydrogen-bond donors (Lipinski definition) is 1. The van der Waals surface area contributed by atoms with Crippen molar-refractivity contribution in [3.05, 3.63) is 35.4 Å². The molecule has 3 heterocycles. The molecule has 0 amide bonds. The predicted molar refractivity (Wildman–Crippen MR) is 57.0 cm³/mol. The van der Waals surface area contributed by atoms with Crippen LogP contribution in [0.5, 0.6) is 0 Å². The fraction of sp³-hybridized carbons (Fsp3) is 0.182. The zero-order valence-corrected chi connectivity index (χ0v) is 8.55. The molecule has 0 atom stereocenters. The average molecular weight is 214 g/mol. The van der Waals surface area contributed by atoms with Gasteiger partial charge in [0.05, 0.1) is 17.2 Å². The van der Waals surface area contributed by atoms with Gasteiger partial charge in [-0.2, -0.15) is 10.2 Å². The number of aldehydes is 1. The third-order valence-electron chi connectivity index (χ3n) is 2.61. The van der Waals surface area contributed by atoms with E-state index in [-0.39, 0.29) is 0 Å². The highest BCUT2D eigenvalue weighted by molar-refractivity contribution is 5.58. The van der Waals surface area contributed by atoms with Crippen molar-refractivity contribution in [1.82, 2.24) is 19.7 Å². The monoisotopic (exact) mass is 214 g/mol. The van der Waals surface area contributed by atoms with Gasteiger partial charge in [-0.15, -0.1) is 0 Å². The molecule has 0 bridgehead atoms. The zero-order valence-electron chi connectivity index (χ0n) is 8.55. The van der Waals surface area contributed by atoms with Gasteiger partial charge in [0.2, 0.25) is 0 Å². The summed E-state index contributed by atoms with van der Waals surface area (Å²) in [7, 11) is 0. The summed E-state index contributed by atoms with van der Waals surface area (Å²) in [4.78, 5) is 13.6. The number of H-pyrrole nitrogens is 1. The van der Waals surface area contributed by atoms with Gasteiger partial charge in [0.1, 0.15) is 11.8 Å². The molecule has 5 heteroatoms. The summed E-state index contributed by atoms with van der Waals surface area (Å²) in [6.45, 7) is 0.691. The van der Waals surface area contributed by atoms with E-state index in [4.69, 9.17) is 0 Å². The minimum absolute atomic E-state index is 0.521. The lowest BCUT2D eigenvalue weighted by Gasteiger charge is -1.97. The molecule has 0 unspecified atom stereocenters. The highest BCUT2D eigenvalue weighted by Crippen LogP contribution is 2.19. The second-order valence-corrected chi connectivity index (χ2v) is 3.65. The van der Waals surface area contributed by atoms with Crippen molar-refractivity contribution in [3.63, 3.8) is 0 Å². The third-order valence-corrected chi connectivity index (χ3v) is 2.61. The highest BCUT2D eigenvalue weighted by atomic mass is 16.1. The molecule has 3 rings (SSSR count). The number of carbonyl (C=O) groups is 1. The summed E-state index contributed by atoms with van der Waals surface area (Å²) in [5, 5.41) is 8.97. The van der Waals surface area contributed by atoms with Gasteiger partial charge in [-0.3, -0.25) is 0 Å². The van der Waals surface area contributed by atoms with Gasteiger partial charge in [0.25, 0.3) is 0 Å². The highest BCUT2D eigenvalue weighted by Gasteiger charge is 2.11. The van der Waals surface area contributed by atoms with Gasteiger partial charge in [0.15, 0.2) is 0 Å². The summed E-state index contributed by atoms with van der Waals surface area (Å²) < 4.78 is 2.02. The van der Waals surface area contributed by atoms with Crippen LogP contribution < -0.4 is 0 Å². The Kier molecular flexibility index (Phi) is 1.96. The predicted octanol–water partition coefficient (Wildman–Crippen LogP) is 1.02. The topological polar surface area (TPSA) is 63.6 Å². The number of aryl methyl sites for hydroxylation is 1. The Morgan fingerprint density at radius 3 is 3.31 bits per heavy atom. The Balaban J connectivity index is 2.18. The van der Waals surface area contributed by atoms with Crippen LogP contribution in [0, 0.1) is 10.8 Å². The van der Waals surface area contributed by atoms with E-state index in [2.05, 4.69) is 15.2 Å². The molecular weight excluding hydrogens is 204 g/mol. The first kappa shape index (κ1) is 9.08. The number of hydrogen-bond acceptors (Lipinski definition) is 3. The first-order valence-electron chi connectivity index (χ1n) is 5.12. The Bertz CT molecular complexity index is 653. The molecule has 0 aromatic heterocycles. The lowest BCUT2D eigenvalue weighted by atomic mass is 10.2. The van der Waals surface area contributed by atoms with Crippen LogP contribution in [0.2, 0.25) is 0 Å². The summed E-state index contributed by atoms with van der Waals surface area (Å²) in [6, 6.07) is 3.84. The van der Waals surface area contributed by atoms with E-state index >= 15 is 0 Å². The minimum Gasteiger partial charge on any atom is -0.336 e. The molecule has 3 aliphatic heterocycles. The maximum atomic E-state index is 10.4. The number of aromatic amines is 1. The molecule has 1 N–H and O–H groups in total. The smallest absolute Gasteiger partial charge is 0.135 e. The van der Waals surface area contributed by atoms with Crippen molar-refractivity contribution < 1.29 is 4.79 Å². The number of rotatable bonds is 3. The number of nitrogens with one attached hydrogen (secondary N) is 1. The third kappa shape index (κ3) is 1.37. The van der Waals surface area contributed by atoms with Crippen LogP contribution in [0.4, 0.5) is 0 Å². The second kappa shape index (κ2) is 3.44. The summed E-state index contributed by atoms with van der Waals surface area (Å²) in [5.41, 5.74) is 2.95. The molecule has 0 aliphatic carbocycles. The Labute approximate surface area is 91.1 Å². The lowest BCUT2D eigenvalue weighted by Crippen LogP contribution is -1.97. The van der Waals surface area contributed by atoms with E-state index in [1.54, 1.807) is 6.20 Å². The van der Waals surface area contributed by atoms with Gasteiger partial charge in [-0.25, -0.2) is 0 Å². The molecule has 0 spiro atoms. The van der Waals surface area contributed by atoms with Crippen LogP contribution in [-0.2, 0) is 11.3 Å². The molecular formula is C11H10N4O. The molecule has 16 heavy (non-hydrogen) atoms. The van der Waals surface area contributed by atoms with Crippen molar-refractivity contribution in [2.45, 2.75) is 13.0 Å². The molecule has 0 saturated heterocycles. The van der Waals surface area contributed by atoms with Crippen LogP contribution >= 0.6 is 0 Å². The molecule has 0 aromatic carbocycles. The van der Waals surface area contributed by atoms with Crippen molar-refractivity contribution >= 4 is 6.29 Å². The van der Waals surface area contributed by atoms with E-state index in [9.17, 15) is 4.79 Å². The van der Waals surface area contributed by atoms with Gasteiger partial charge >= 0.3 is 0 Å². The SMILES string of the molecule is O=CCCn1cccc2nncc-2c2[nH]c1=2. The Hall–Kier alpha value is -2.17. The number of aromatic nitrogens is 4. The standard InChI is InChI=1S/C11H10N4O/c16-6-2-5-15-4-1-3-9-8(7-12-14-9)10-11(15)13-10/h1,3-4,6-7,13H,2,5H2. The second-order valence-electron chi connectivity index (χ2n) is 3.65. The normalized spacial score (nSPS) is 11.2. The van der Waals surface area contributed by atoms with Gasteiger partial charge in [-0.1, -0.05) is 0 Å². The number of nitrogens with zero attached hydrogens (tertiary/aromatic N) is 3. The minimum atomic E-state index is 0.521. The maximum absolute atomic E-state index is 10.4. The van der Waals surface area contributed by atoms with Crippen molar-refractivity contribution in [3.8, 4) is 11.3 Å². The molecule has 0 saturated carbocycles. The van der Waals surface area contributed by atoms with Gasteiger partial charge in [0, 0.05) is 24.7 Å². The van der Waals surface area contributed by atoms with E-state index in [0.29, 0.717) is 13.0 Å². The van der Waals surface area contributed by atoms with Crippen LogP contribution in [0.1, 0.15) is 6.42 Å². The van der Waals surface area contributed by atoms with E-state index in [1.165, 1.54) is 0 Å². The summed E-state index contributed by atoms with van der Waals surface area (Å²) >= 11 is 0. The molecule has 0 radical (unpaired) electrons. The van der Waals surface area contributed by atoms with Crippen LogP contribution in [-0.4, -0.2) is 26.0 Å². The molecule has 80 valence electrons. The first-order valence-corrected chi connectivity index (χ1v) is 5.12. The summed E-state index contributed by atoms with van der Waals surface area (Å²) in [5.74, 6) is 0. The molecule has 0 fully saturated rings. The van der Waals surface area contributed by atoms with Crippen LogP contribution in [0.25, 0.3) is 11.3 Å². The quantitative estimate of drug-likeness (QED) is 0.662. The zero-order chi connectivity index (χ0) is 11.0. The van der Waals surface area contributed by atoms with Gasteiger partial charge in [-0.05, 0) is 12.1 Å². The Morgan fingerprint density at radius 1 is 1.50 bits per heavy atom. The lowest BCUT2D eigenvalue weighted by molar-refractivity contribution is -0.108. The largest absolute Gasteiger partial charge is 0.336 e.